The fraction of sp³-hybridized carbons (Fsp3) is 0.714. The number of carbonyl (C=O) groups is 1. The number of oxime groups is 1. The van der Waals surface area contributed by atoms with E-state index in [0.717, 1.165) is 0 Å². The average molecular weight is 224 g/mol. The van der Waals surface area contributed by atoms with Crippen LogP contribution in [-0.2, 0) is 9.53 Å². The van der Waals surface area contributed by atoms with Crippen molar-refractivity contribution in [3.8, 4) is 0 Å². The lowest BCUT2D eigenvalue weighted by molar-refractivity contribution is -0.140. The van der Waals surface area contributed by atoms with Gasteiger partial charge in [-0.3, -0.25) is 4.79 Å². The lowest BCUT2D eigenvalue weighted by Gasteiger charge is -2.12. The van der Waals surface area contributed by atoms with Crippen molar-refractivity contribution >= 4 is 35.5 Å². The van der Waals surface area contributed by atoms with Crippen molar-refractivity contribution in [3.05, 3.63) is 0 Å². The average Bonchev–Trinajstić information content (AvgIpc) is 2.48. The van der Waals surface area contributed by atoms with Gasteiger partial charge in [0.05, 0.1) is 12.5 Å². The highest BCUT2D eigenvalue weighted by atomic mass is 35.5. The molecule has 1 fully saturated rings. The van der Waals surface area contributed by atoms with Gasteiger partial charge < -0.3 is 9.94 Å². The summed E-state index contributed by atoms with van der Waals surface area (Å²) in [4.78, 5) is 11.2. The molecule has 0 aromatic heterocycles. The summed E-state index contributed by atoms with van der Waals surface area (Å²) in [5.74, 6) is 0.0973. The van der Waals surface area contributed by atoms with E-state index in [1.165, 1.54) is 25.1 Å². The molecule has 4 nitrogen and oxygen atoms in total. The van der Waals surface area contributed by atoms with Crippen LogP contribution in [0.15, 0.2) is 5.16 Å². The molecule has 0 bridgehead atoms. The van der Waals surface area contributed by atoms with Gasteiger partial charge in [0.1, 0.15) is 5.25 Å². The molecule has 0 aliphatic carbocycles. The molecule has 0 saturated carbocycles. The minimum absolute atomic E-state index is 0.176. The third-order valence-corrected chi connectivity index (χ3v) is 3.92. The zero-order chi connectivity index (χ0) is 9.84. The van der Waals surface area contributed by atoms with Crippen molar-refractivity contribution < 1.29 is 14.7 Å². The lowest BCUT2D eigenvalue weighted by Crippen LogP contribution is -2.28. The number of thioether (sulfide) groups is 1. The van der Waals surface area contributed by atoms with Crippen LogP contribution in [0.2, 0.25) is 0 Å². The predicted octanol–water partition coefficient (Wildman–Crippen LogP) is 0.958. The molecule has 0 aromatic rings. The molecule has 1 rings (SSSR count). The minimum atomic E-state index is -0.344. The molecule has 1 N–H and O–H groups in total. The second-order valence-electron chi connectivity index (χ2n) is 2.63. The topological polar surface area (TPSA) is 58.9 Å². The van der Waals surface area contributed by atoms with Crippen molar-refractivity contribution in [1.82, 2.24) is 0 Å². The first-order chi connectivity index (χ1) is 6.20. The van der Waals surface area contributed by atoms with Crippen LogP contribution in [0, 0.1) is 5.92 Å². The Morgan fingerprint density at radius 2 is 2.54 bits per heavy atom. The van der Waals surface area contributed by atoms with Gasteiger partial charge in [0.2, 0.25) is 0 Å². The number of halogens is 1. The number of hydrogen-bond acceptors (Lipinski definition) is 5. The fourth-order valence-corrected chi connectivity index (χ4v) is 3.04. The Balaban J connectivity index is 2.69. The van der Waals surface area contributed by atoms with E-state index >= 15 is 0 Å². The summed E-state index contributed by atoms with van der Waals surface area (Å²) >= 11 is 7.34. The van der Waals surface area contributed by atoms with E-state index in [2.05, 4.69) is 9.89 Å². The molecule has 13 heavy (non-hydrogen) atoms. The van der Waals surface area contributed by atoms with Crippen LogP contribution in [0.1, 0.15) is 0 Å². The van der Waals surface area contributed by atoms with E-state index in [0.29, 0.717) is 5.75 Å². The molecule has 1 heterocycles. The summed E-state index contributed by atoms with van der Waals surface area (Å²) in [5, 5.41) is 10.8. The molecule has 1 aliphatic heterocycles. The van der Waals surface area contributed by atoms with E-state index in [-0.39, 0.29) is 22.5 Å². The Morgan fingerprint density at radius 1 is 1.85 bits per heavy atom. The summed E-state index contributed by atoms with van der Waals surface area (Å²) in [6, 6.07) is 0. The number of nitrogens with zero attached hydrogens (tertiary/aromatic N) is 1. The van der Waals surface area contributed by atoms with Crippen LogP contribution in [0.4, 0.5) is 0 Å². The van der Waals surface area contributed by atoms with Crippen LogP contribution in [0.3, 0.4) is 0 Å². The quantitative estimate of drug-likeness (QED) is 0.249. The summed E-state index contributed by atoms with van der Waals surface area (Å²) < 4.78 is 4.60. The van der Waals surface area contributed by atoms with Crippen molar-refractivity contribution in [2.45, 2.75) is 10.6 Å². The third kappa shape index (κ3) is 2.28. The van der Waals surface area contributed by atoms with E-state index in [1.807, 2.05) is 0 Å². The molecule has 6 heteroatoms. The molecule has 1 aliphatic rings. The summed E-state index contributed by atoms with van der Waals surface area (Å²) in [6.07, 6.45) is 1.29. The highest BCUT2D eigenvalue weighted by molar-refractivity contribution is 8.01. The second kappa shape index (κ2) is 4.72. The number of hydrogen-bond donors (Lipinski definition) is 1. The van der Waals surface area contributed by atoms with Crippen LogP contribution in [0.5, 0.6) is 0 Å². The SMILES string of the molecule is COC(=O)C1SCC(Cl)C1/C=N\O. The Kier molecular flexibility index (Phi) is 3.87. The smallest absolute Gasteiger partial charge is 0.319 e. The van der Waals surface area contributed by atoms with Gasteiger partial charge in [-0.2, -0.15) is 0 Å². The number of alkyl halides is 1. The third-order valence-electron chi connectivity index (χ3n) is 1.87. The Bertz CT molecular complexity index is 224. The van der Waals surface area contributed by atoms with E-state index in [9.17, 15) is 4.79 Å². The molecule has 1 saturated heterocycles. The summed E-state index contributed by atoms with van der Waals surface area (Å²) in [6.45, 7) is 0. The van der Waals surface area contributed by atoms with Gasteiger partial charge in [0, 0.05) is 17.9 Å². The number of ether oxygens (including phenoxy) is 1. The Morgan fingerprint density at radius 3 is 3.08 bits per heavy atom. The van der Waals surface area contributed by atoms with Crippen molar-refractivity contribution in [3.63, 3.8) is 0 Å². The molecule has 3 atom stereocenters. The van der Waals surface area contributed by atoms with Gasteiger partial charge in [-0.15, -0.1) is 28.5 Å². The highest BCUT2D eigenvalue weighted by Crippen LogP contribution is 2.35. The standard InChI is InChI=1S/C7H10ClNO3S/c1-12-7(10)6-4(2-9-11)5(8)3-13-6/h2,4-6,11H,3H2,1H3/b9-2-. The molecule has 74 valence electrons. The number of rotatable bonds is 2. The maximum Gasteiger partial charge on any atom is 0.319 e. The van der Waals surface area contributed by atoms with Gasteiger partial charge >= 0.3 is 5.97 Å². The molecule has 0 aromatic carbocycles. The maximum absolute atomic E-state index is 11.2. The van der Waals surface area contributed by atoms with E-state index < -0.39 is 0 Å². The first-order valence-corrected chi connectivity index (χ1v) is 5.20. The van der Waals surface area contributed by atoms with Gasteiger partial charge in [0.15, 0.2) is 0 Å². The predicted molar refractivity (Wildman–Crippen MR) is 51.7 cm³/mol. The van der Waals surface area contributed by atoms with Gasteiger partial charge in [-0.25, -0.2) is 0 Å². The van der Waals surface area contributed by atoms with Crippen molar-refractivity contribution in [1.29, 1.82) is 0 Å². The Hall–Kier alpha value is -0.420. The molecule has 0 amide bonds. The molecule has 0 radical (unpaired) electrons. The molecular weight excluding hydrogens is 214 g/mol. The van der Waals surface area contributed by atoms with E-state index in [1.54, 1.807) is 0 Å². The second-order valence-corrected chi connectivity index (χ2v) is 4.37. The van der Waals surface area contributed by atoms with Crippen LogP contribution in [0.25, 0.3) is 0 Å². The monoisotopic (exact) mass is 223 g/mol. The van der Waals surface area contributed by atoms with Crippen LogP contribution in [-0.4, -0.2) is 40.9 Å². The minimum Gasteiger partial charge on any atom is -0.468 e. The highest BCUT2D eigenvalue weighted by Gasteiger charge is 2.40. The normalized spacial score (nSPS) is 33.8. The number of esters is 1. The molecular formula is C7H10ClNO3S. The number of carbonyl (C=O) groups excluding carboxylic acids is 1. The first-order valence-electron chi connectivity index (χ1n) is 3.71. The van der Waals surface area contributed by atoms with Gasteiger partial charge in [-0.1, -0.05) is 0 Å². The largest absolute Gasteiger partial charge is 0.468 e. The van der Waals surface area contributed by atoms with Crippen LogP contribution < -0.4 is 0 Å². The number of methoxy groups -OCH3 is 1. The maximum atomic E-state index is 11.2. The van der Waals surface area contributed by atoms with E-state index in [4.69, 9.17) is 16.8 Å². The van der Waals surface area contributed by atoms with Crippen molar-refractivity contribution in [2.24, 2.45) is 11.1 Å². The first kappa shape index (κ1) is 10.7. The van der Waals surface area contributed by atoms with Gasteiger partial charge in [0.25, 0.3) is 0 Å². The zero-order valence-electron chi connectivity index (χ0n) is 7.01. The fourth-order valence-electron chi connectivity index (χ4n) is 1.20. The Labute approximate surface area is 85.3 Å². The van der Waals surface area contributed by atoms with Crippen LogP contribution >= 0.6 is 23.4 Å². The molecule has 0 spiro atoms. The summed E-state index contributed by atoms with van der Waals surface area (Å²) in [5.41, 5.74) is 0. The lowest BCUT2D eigenvalue weighted by atomic mass is 10.0. The van der Waals surface area contributed by atoms with Crippen molar-refractivity contribution in [2.75, 3.05) is 12.9 Å². The zero-order valence-corrected chi connectivity index (χ0v) is 8.59. The summed E-state index contributed by atoms with van der Waals surface area (Å²) in [7, 11) is 1.33. The van der Waals surface area contributed by atoms with Gasteiger partial charge in [-0.05, 0) is 0 Å². The molecule has 3 unspecified atom stereocenters.